The molecule has 110 valence electrons. The molecule has 1 amide bonds. The molecule has 4 heteroatoms. The van der Waals surface area contributed by atoms with Crippen LogP contribution in [0.4, 0.5) is 0 Å². The Morgan fingerprint density at radius 3 is 2.76 bits per heavy atom. The fourth-order valence-electron chi connectivity index (χ4n) is 2.57. The van der Waals surface area contributed by atoms with Crippen molar-refractivity contribution < 1.29 is 9.53 Å². The van der Waals surface area contributed by atoms with Crippen LogP contribution < -0.4 is 4.74 Å². The molecule has 0 spiro atoms. The van der Waals surface area contributed by atoms with Gasteiger partial charge in [-0.15, -0.1) is 0 Å². The third-order valence-corrected chi connectivity index (χ3v) is 4.65. The maximum absolute atomic E-state index is 12.2. The van der Waals surface area contributed by atoms with Crippen molar-refractivity contribution >= 4 is 32.6 Å². The number of ether oxygens (including phenoxy) is 1. The summed E-state index contributed by atoms with van der Waals surface area (Å²) in [6.07, 6.45) is 2.25. The third kappa shape index (κ3) is 3.05. The van der Waals surface area contributed by atoms with E-state index in [1.165, 1.54) is 0 Å². The Balaban J connectivity index is 1.73. The molecule has 1 aliphatic carbocycles. The van der Waals surface area contributed by atoms with Crippen LogP contribution >= 0.6 is 15.9 Å². The van der Waals surface area contributed by atoms with Gasteiger partial charge in [0.15, 0.2) is 6.61 Å². The molecule has 2 aromatic carbocycles. The smallest absolute Gasteiger partial charge is 0.260 e. The largest absolute Gasteiger partial charge is 0.483 e. The van der Waals surface area contributed by atoms with Gasteiger partial charge in [-0.25, -0.2) is 0 Å². The molecular formula is C17H18BrNO2. The van der Waals surface area contributed by atoms with Gasteiger partial charge in [0.2, 0.25) is 0 Å². The SMILES string of the molecule is CCN(C(=O)COc1ccc2ccccc2c1Br)C1CC1. The molecule has 2 aromatic rings. The zero-order valence-electron chi connectivity index (χ0n) is 12.0. The summed E-state index contributed by atoms with van der Waals surface area (Å²) in [7, 11) is 0. The summed E-state index contributed by atoms with van der Waals surface area (Å²) in [5.41, 5.74) is 0. The van der Waals surface area contributed by atoms with Crippen LogP contribution in [0.3, 0.4) is 0 Å². The van der Waals surface area contributed by atoms with E-state index in [-0.39, 0.29) is 12.5 Å². The number of rotatable bonds is 5. The molecule has 0 radical (unpaired) electrons. The van der Waals surface area contributed by atoms with Crippen molar-refractivity contribution in [3.05, 3.63) is 40.9 Å². The molecule has 0 unspecified atom stereocenters. The molecule has 1 saturated carbocycles. The van der Waals surface area contributed by atoms with Gasteiger partial charge < -0.3 is 9.64 Å². The van der Waals surface area contributed by atoms with E-state index in [0.29, 0.717) is 11.8 Å². The van der Waals surface area contributed by atoms with Gasteiger partial charge >= 0.3 is 0 Å². The van der Waals surface area contributed by atoms with Crippen LogP contribution in [0.25, 0.3) is 10.8 Å². The van der Waals surface area contributed by atoms with E-state index in [1.54, 1.807) is 0 Å². The average molecular weight is 348 g/mol. The highest BCUT2D eigenvalue weighted by Gasteiger charge is 2.31. The molecule has 1 fully saturated rings. The van der Waals surface area contributed by atoms with Crippen LogP contribution in [-0.4, -0.2) is 30.0 Å². The van der Waals surface area contributed by atoms with Crippen LogP contribution in [0.15, 0.2) is 40.9 Å². The quantitative estimate of drug-likeness (QED) is 0.818. The maximum Gasteiger partial charge on any atom is 0.260 e. The zero-order valence-corrected chi connectivity index (χ0v) is 13.6. The Hall–Kier alpha value is -1.55. The molecule has 3 rings (SSSR count). The molecule has 0 aromatic heterocycles. The number of nitrogens with zero attached hydrogens (tertiary/aromatic N) is 1. The first-order valence-corrected chi connectivity index (χ1v) is 8.09. The molecule has 0 heterocycles. The predicted octanol–water partition coefficient (Wildman–Crippen LogP) is 3.99. The summed E-state index contributed by atoms with van der Waals surface area (Å²) in [4.78, 5) is 14.1. The van der Waals surface area contributed by atoms with Crippen molar-refractivity contribution in [2.75, 3.05) is 13.2 Å². The standard InChI is InChI=1S/C17H18BrNO2/c1-2-19(13-8-9-13)16(20)11-21-15-10-7-12-5-3-4-6-14(12)17(15)18/h3-7,10,13H,2,8-9,11H2,1H3. The van der Waals surface area contributed by atoms with E-state index in [0.717, 1.165) is 34.6 Å². The Kier molecular flexibility index (Phi) is 4.15. The minimum atomic E-state index is 0.0695. The molecule has 0 N–H and O–H groups in total. The van der Waals surface area contributed by atoms with E-state index in [1.807, 2.05) is 42.2 Å². The minimum Gasteiger partial charge on any atom is -0.483 e. The molecular weight excluding hydrogens is 330 g/mol. The first kappa shape index (κ1) is 14.4. The lowest BCUT2D eigenvalue weighted by atomic mass is 10.1. The molecule has 0 aliphatic heterocycles. The molecule has 0 saturated heterocycles. The van der Waals surface area contributed by atoms with Crippen molar-refractivity contribution in [3.63, 3.8) is 0 Å². The Labute approximate surface area is 133 Å². The second-order valence-corrected chi connectivity index (χ2v) is 6.09. The van der Waals surface area contributed by atoms with E-state index in [4.69, 9.17) is 4.74 Å². The lowest BCUT2D eigenvalue weighted by Gasteiger charge is -2.20. The van der Waals surface area contributed by atoms with Crippen LogP contribution in [-0.2, 0) is 4.79 Å². The first-order valence-electron chi connectivity index (χ1n) is 7.30. The van der Waals surface area contributed by atoms with Crippen LogP contribution in [0, 0.1) is 0 Å². The van der Waals surface area contributed by atoms with Gasteiger partial charge in [0, 0.05) is 12.6 Å². The van der Waals surface area contributed by atoms with Crippen molar-refractivity contribution in [1.29, 1.82) is 0 Å². The number of fused-ring (bicyclic) bond motifs is 1. The summed E-state index contributed by atoms with van der Waals surface area (Å²) in [5, 5.41) is 2.24. The number of carbonyl (C=O) groups is 1. The van der Waals surface area contributed by atoms with Crippen molar-refractivity contribution in [2.24, 2.45) is 0 Å². The highest BCUT2D eigenvalue weighted by Crippen LogP contribution is 2.33. The molecule has 3 nitrogen and oxygen atoms in total. The van der Waals surface area contributed by atoms with Crippen molar-refractivity contribution in [2.45, 2.75) is 25.8 Å². The van der Waals surface area contributed by atoms with Gasteiger partial charge in [-0.2, -0.15) is 0 Å². The van der Waals surface area contributed by atoms with Crippen LogP contribution in [0.1, 0.15) is 19.8 Å². The normalized spacial score (nSPS) is 14.2. The van der Waals surface area contributed by atoms with Crippen molar-refractivity contribution in [3.8, 4) is 5.75 Å². The van der Waals surface area contributed by atoms with Crippen LogP contribution in [0.5, 0.6) is 5.75 Å². The maximum atomic E-state index is 12.2. The molecule has 0 bridgehead atoms. The van der Waals surface area contributed by atoms with E-state index in [9.17, 15) is 4.79 Å². The lowest BCUT2D eigenvalue weighted by molar-refractivity contribution is -0.133. The minimum absolute atomic E-state index is 0.0695. The van der Waals surface area contributed by atoms with E-state index < -0.39 is 0 Å². The van der Waals surface area contributed by atoms with Gasteiger partial charge in [0.25, 0.3) is 5.91 Å². The van der Waals surface area contributed by atoms with Gasteiger partial charge in [-0.1, -0.05) is 30.3 Å². The Morgan fingerprint density at radius 2 is 2.05 bits per heavy atom. The van der Waals surface area contributed by atoms with E-state index >= 15 is 0 Å². The summed E-state index contributed by atoms with van der Waals surface area (Å²) in [6.45, 7) is 2.87. The predicted molar refractivity (Wildman–Crippen MR) is 87.6 cm³/mol. The lowest BCUT2D eigenvalue weighted by Crippen LogP contribution is -2.36. The van der Waals surface area contributed by atoms with Gasteiger partial charge in [-0.05, 0) is 52.5 Å². The monoisotopic (exact) mass is 347 g/mol. The summed E-state index contributed by atoms with van der Waals surface area (Å²) >= 11 is 3.58. The summed E-state index contributed by atoms with van der Waals surface area (Å²) in [6, 6.07) is 12.5. The fourth-order valence-corrected chi connectivity index (χ4v) is 3.18. The number of benzene rings is 2. The van der Waals surface area contributed by atoms with Crippen molar-refractivity contribution in [1.82, 2.24) is 4.90 Å². The fraction of sp³-hybridized carbons (Fsp3) is 0.353. The van der Waals surface area contributed by atoms with Gasteiger partial charge in [0.1, 0.15) is 5.75 Å². The van der Waals surface area contributed by atoms with E-state index in [2.05, 4.69) is 22.0 Å². The number of halogens is 1. The topological polar surface area (TPSA) is 29.5 Å². The Bertz CT molecular complexity index is 667. The number of hydrogen-bond acceptors (Lipinski definition) is 2. The highest BCUT2D eigenvalue weighted by molar-refractivity contribution is 9.10. The third-order valence-electron chi connectivity index (χ3n) is 3.83. The Morgan fingerprint density at radius 1 is 1.29 bits per heavy atom. The van der Waals surface area contributed by atoms with Gasteiger partial charge in [0.05, 0.1) is 4.47 Å². The second kappa shape index (κ2) is 6.06. The summed E-state index contributed by atoms with van der Waals surface area (Å²) < 4.78 is 6.63. The highest BCUT2D eigenvalue weighted by atomic mass is 79.9. The molecule has 1 aliphatic rings. The number of amides is 1. The van der Waals surface area contributed by atoms with Crippen LogP contribution in [0.2, 0.25) is 0 Å². The average Bonchev–Trinajstić information content (AvgIpc) is 3.32. The molecule has 0 atom stereocenters. The number of likely N-dealkylation sites (N-methyl/N-ethyl adjacent to an activating group) is 1. The zero-order chi connectivity index (χ0) is 14.8. The summed E-state index contributed by atoms with van der Waals surface area (Å²) in [5.74, 6) is 0.786. The first-order chi connectivity index (χ1) is 10.2. The number of carbonyl (C=O) groups excluding carboxylic acids is 1. The van der Waals surface area contributed by atoms with Gasteiger partial charge in [-0.3, -0.25) is 4.79 Å². The molecule has 21 heavy (non-hydrogen) atoms. The number of hydrogen-bond donors (Lipinski definition) is 0. The second-order valence-electron chi connectivity index (χ2n) is 5.30.